The van der Waals surface area contributed by atoms with Gasteiger partial charge in [-0.15, -0.1) is 0 Å². The third-order valence-electron chi connectivity index (χ3n) is 4.56. The van der Waals surface area contributed by atoms with Crippen LogP contribution in [0.5, 0.6) is 5.75 Å². The van der Waals surface area contributed by atoms with Crippen LogP contribution in [-0.2, 0) is 0 Å². The number of phenols is 1. The number of nitro benzene ring substituents is 1. The molecule has 0 amide bonds. The standard InChI is InChI=1S/C22H13BrIN3O4/c23-14-5-8-20(28)13(10-14)4-9-21-25-19-7-6-15(24)11-18(19)22(29)26(21)16-2-1-3-17(12-16)27(30)31/h1-12,28H. The van der Waals surface area contributed by atoms with Gasteiger partial charge in [-0.05, 0) is 77.2 Å². The third-order valence-corrected chi connectivity index (χ3v) is 5.72. The summed E-state index contributed by atoms with van der Waals surface area (Å²) in [6.07, 6.45) is 3.23. The van der Waals surface area contributed by atoms with Crippen molar-refractivity contribution in [2.45, 2.75) is 0 Å². The average Bonchev–Trinajstić information content (AvgIpc) is 2.75. The van der Waals surface area contributed by atoms with Crippen molar-refractivity contribution in [1.82, 2.24) is 9.55 Å². The molecule has 0 fully saturated rings. The molecule has 0 aliphatic carbocycles. The van der Waals surface area contributed by atoms with Gasteiger partial charge in [0.05, 0.1) is 21.5 Å². The van der Waals surface area contributed by atoms with Gasteiger partial charge in [0.1, 0.15) is 11.6 Å². The minimum Gasteiger partial charge on any atom is -0.507 e. The first-order valence-corrected chi connectivity index (χ1v) is 10.8. The predicted molar refractivity (Wildman–Crippen MR) is 131 cm³/mol. The summed E-state index contributed by atoms with van der Waals surface area (Å²) < 4.78 is 2.98. The highest BCUT2D eigenvalue weighted by Gasteiger charge is 2.14. The molecule has 0 aliphatic rings. The van der Waals surface area contributed by atoms with Crippen LogP contribution in [0.4, 0.5) is 5.69 Å². The van der Waals surface area contributed by atoms with E-state index in [4.69, 9.17) is 0 Å². The molecule has 4 rings (SSSR count). The Bertz CT molecular complexity index is 1430. The van der Waals surface area contributed by atoms with Crippen molar-refractivity contribution in [3.8, 4) is 11.4 Å². The van der Waals surface area contributed by atoms with E-state index in [1.807, 2.05) is 6.07 Å². The van der Waals surface area contributed by atoms with E-state index >= 15 is 0 Å². The summed E-state index contributed by atoms with van der Waals surface area (Å²) in [6.45, 7) is 0. The van der Waals surface area contributed by atoms with Gasteiger partial charge in [0, 0.05) is 25.7 Å². The molecule has 31 heavy (non-hydrogen) atoms. The van der Waals surface area contributed by atoms with Crippen molar-refractivity contribution in [2.75, 3.05) is 0 Å². The molecule has 0 bridgehead atoms. The zero-order valence-electron chi connectivity index (χ0n) is 15.7. The largest absolute Gasteiger partial charge is 0.507 e. The maximum Gasteiger partial charge on any atom is 0.271 e. The summed E-state index contributed by atoms with van der Waals surface area (Å²) in [5.74, 6) is 0.345. The molecule has 0 saturated carbocycles. The topological polar surface area (TPSA) is 98.3 Å². The zero-order chi connectivity index (χ0) is 22.1. The van der Waals surface area contributed by atoms with Crippen molar-refractivity contribution >= 4 is 67.3 Å². The van der Waals surface area contributed by atoms with Gasteiger partial charge >= 0.3 is 0 Å². The van der Waals surface area contributed by atoms with Gasteiger partial charge in [0.2, 0.25) is 0 Å². The smallest absolute Gasteiger partial charge is 0.271 e. The van der Waals surface area contributed by atoms with Gasteiger partial charge in [0.25, 0.3) is 11.2 Å². The minimum absolute atomic E-state index is 0.0686. The summed E-state index contributed by atoms with van der Waals surface area (Å²) in [6, 6.07) is 16.1. The fourth-order valence-corrected chi connectivity index (χ4v) is 3.98. The molecule has 7 nitrogen and oxygen atoms in total. The number of hydrogen-bond donors (Lipinski definition) is 1. The van der Waals surface area contributed by atoms with Crippen LogP contribution in [0.15, 0.2) is 69.9 Å². The van der Waals surface area contributed by atoms with Crippen molar-refractivity contribution in [3.05, 3.63) is 101 Å². The Balaban J connectivity index is 1.98. The molecule has 1 aromatic heterocycles. The van der Waals surface area contributed by atoms with Gasteiger partial charge in [-0.3, -0.25) is 19.5 Å². The first-order valence-electron chi connectivity index (χ1n) is 8.97. The van der Waals surface area contributed by atoms with E-state index in [9.17, 15) is 20.0 Å². The van der Waals surface area contributed by atoms with E-state index in [1.165, 1.54) is 22.8 Å². The number of fused-ring (bicyclic) bond motifs is 1. The maximum atomic E-state index is 13.4. The van der Waals surface area contributed by atoms with Crippen LogP contribution in [0, 0.1) is 13.7 Å². The Morgan fingerprint density at radius 1 is 1.10 bits per heavy atom. The predicted octanol–water partition coefficient (Wildman–Crippen LogP) is 5.54. The lowest BCUT2D eigenvalue weighted by Crippen LogP contribution is -2.22. The molecule has 0 radical (unpaired) electrons. The Morgan fingerprint density at radius 3 is 2.68 bits per heavy atom. The summed E-state index contributed by atoms with van der Waals surface area (Å²) in [5.41, 5.74) is 0.876. The number of aromatic hydroxyl groups is 1. The monoisotopic (exact) mass is 589 g/mol. The molecule has 1 heterocycles. The number of non-ortho nitro benzene ring substituents is 1. The Hall–Kier alpha value is -3.05. The molecule has 0 aliphatic heterocycles. The van der Waals surface area contributed by atoms with Gasteiger partial charge in [-0.1, -0.05) is 22.0 Å². The second-order valence-electron chi connectivity index (χ2n) is 6.59. The van der Waals surface area contributed by atoms with E-state index < -0.39 is 4.92 Å². The van der Waals surface area contributed by atoms with E-state index in [-0.39, 0.29) is 22.8 Å². The molecule has 9 heteroatoms. The fourth-order valence-electron chi connectivity index (χ4n) is 3.11. The molecule has 4 aromatic rings. The SMILES string of the molecule is O=c1c2cc(I)ccc2nc(C=Cc2cc(Br)ccc2O)n1-c1cccc([N+](=O)[O-])c1. The molecular formula is C22H13BrIN3O4. The van der Waals surface area contributed by atoms with Crippen LogP contribution in [0.3, 0.4) is 0 Å². The van der Waals surface area contributed by atoms with Crippen molar-refractivity contribution in [1.29, 1.82) is 0 Å². The Labute approximate surface area is 198 Å². The highest BCUT2D eigenvalue weighted by molar-refractivity contribution is 14.1. The third kappa shape index (κ3) is 4.37. The first-order chi connectivity index (χ1) is 14.8. The van der Waals surface area contributed by atoms with Gasteiger partial charge in [-0.2, -0.15) is 0 Å². The molecular weight excluding hydrogens is 577 g/mol. The number of rotatable bonds is 4. The molecule has 3 aromatic carbocycles. The van der Waals surface area contributed by atoms with Crippen LogP contribution in [0.1, 0.15) is 11.4 Å². The highest BCUT2D eigenvalue weighted by atomic mass is 127. The number of phenolic OH excluding ortho intramolecular Hbond substituents is 1. The van der Waals surface area contributed by atoms with Crippen LogP contribution in [0.25, 0.3) is 28.7 Å². The molecule has 0 saturated heterocycles. The summed E-state index contributed by atoms with van der Waals surface area (Å²) in [4.78, 5) is 28.7. The minimum atomic E-state index is -0.513. The average molecular weight is 590 g/mol. The summed E-state index contributed by atoms with van der Waals surface area (Å²) in [7, 11) is 0. The van der Waals surface area contributed by atoms with Gasteiger partial charge in [0.15, 0.2) is 0 Å². The fraction of sp³-hybridized carbons (Fsp3) is 0. The quantitative estimate of drug-likeness (QED) is 0.191. The summed E-state index contributed by atoms with van der Waals surface area (Å²) in [5, 5.41) is 21.8. The zero-order valence-corrected chi connectivity index (χ0v) is 19.4. The Morgan fingerprint density at radius 2 is 1.90 bits per heavy atom. The lowest BCUT2D eigenvalue weighted by atomic mass is 10.1. The molecule has 154 valence electrons. The number of halogens is 2. The van der Waals surface area contributed by atoms with E-state index in [2.05, 4.69) is 43.5 Å². The lowest BCUT2D eigenvalue weighted by Gasteiger charge is -2.12. The van der Waals surface area contributed by atoms with Crippen molar-refractivity contribution in [3.63, 3.8) is 0 Å². The Kier molecular flexibility index (Phi) is 5.88. The number of nitrogens with zero attached hydrogens (tertiary/aromatic N) is 3. The first kappa shape index (κ1) is 21.2. The number of benzene rings is 3. The van der Waals surface area contributed by atoms with Crippen molar-refractivity contribution in [2.24, 2.45) is 0 Å². The van der Waals surface area contributed by atoms with Gasteiger partial charge in [-0.25, -0.2) is 4.98 Å². The van der Waals surface area contributed by atoms with E-state index in [0.29, 0.717) is 22.2 Å². The summed E-state index contributed by atoms with van der Waals surface area (Å²) >= 11 is 5.48. The van der Waals surface area contributed by atoms with Crippen LogP contribution >= 0.6 is 38.5 Å². The number of nitro groups is 1. The molecule has 0 atom stereocenters. The van der Waals surface area contributed by atoms with Gasteiger partial charge < -0.3 is 5.11 Å². The maximum absolute atomic E-state index is 13.4. The molecule has 0 spiro atoms. The van der Waals surface area contributed by atoms with E-state index in [1.54, 1.807) is 48.6 Å². The second kappa shape index (κ2) is 8.60. The van der Waals surface area contributed by atoms with Crippen molar-refractivity contribution < 1.29 is 10.0 Å². The normalized spacial score (nSPS) is 11.3. The highest BCUT2D eigenvalue weighted by Crippen LogP contribution is 2.25. The van der Waals surface area contributed by atoms with Crippen LogP contribution in [0.2, 0.25) is 0 Å². The molecule has 1 N–H and O–H groups in total. The van der Waals surface area contributed by atoms with Crippen LogP contribution in [-0.4, -0.2) is 19.6 Å². The number of aromatic nitrogens is 2. The number of hydrogen-bond acceptors (Lipinski definition) is 5. The van der Waals surface area contributed by atoms with Crippen LogP contribution < -0.4 is 5.56 Å². The molecule has 0 unspecified atom stereocenters. The lowest BCUT2D eigenvalue weighted by molar-refractivity contribution is -0.384. The second-order valence-corrected chi connectivity index (χ2v) is 8.75. The van der Waals surface area contributed by atoms with E-state index in [0.717, 1.165) is 8.04 Å².